The van der Waals surface area contributed by atoms with Crippen LogP contribution in [0.1, 0.15) is 48.2 Å². The van der Waals surface area contributed by atoms with Crippen LogP contribution in [0.5, 0.6) is 0 Å². The molecule has 3 nitrogen and oxygen atoms in total. The summed E-state index contributed by atoms with van der Waals surface area (Å²) < 4.78 is 0. The second-order valence-corrected chi connectivity index (χ2v) is 4.55. The molecule has 3 heteroatoms. The molecule has 0 atom stereocenters. The number of ketones is 1. The number of rotatable bonds is 2. The molecule has 0 amide bonds. The molecular formula is C13H14N2O. The topological polar surface area (TPSA) is 45.8 Å². The second-order valence-electron chi connectivity index (χ2n) is 4.55. The first-order valence-corrected chi connectivity index (χ1v) is 5.74. The van der Waals surface area contributed by atoms with Crippen molar-refractivity contribution in [3.8, 4) is 0 Å². The van der Waals surface area contributed by atoms with Gasteiger partial charge < -0.3 is 0 Å². The minimum absolute atomic E-state index is 0.0927. The fourth-order valence-electron chi connectivity index (χ4n) is 2.26. The normalized spacial score (nSPS) is 16.3. The molecule has 1 N–H and O–H groups in total. The Kier molecular flexibility index (Phi) is 2.06. The number of nitrogens with one attached hydrogen (secondary N) is 1. The van der Waals surface area contributed by atoms with Gasteiger partial charge in [-0.1, -0.05) is 18.6 Å². The van der Waals surface area contributed by atoms with Crippen molar-refractivity contribution < 1.29 is 4.79 Å². The van der Waals surface area contributed by atoms with Crippen LogP contribution >= 0.6 is 0 Å². The SMILES string of the molecule is CC(=O)c1ccc2c(C3CCC3)[nH]nc2c1. The number of Topliss-reactive ketones (excluding diaryl/α,β-unsaturated/α-hetero) is 1. The predicted molar refractivity (Wildman–Crippen MR) is 62.7 cm³/mol. The molecule has 0 aliphatic heterocycles. The summed E-state index contributed by atoms with van der Waals surface area (Å²) in [5.41, 5.74) is 2.89. The number of benzene rings is 1. The van der Waals surface area contributed by atoms with Crippen LogP contribution in [0.3, 0.4) is 0 Å². The molecule has 0 radical (unpaired) electrons. The monoisotopic (exact) mass is 214 g/mol. The Morgan fingerprint density at radius 1 is 1.44 bits per heavy atom. The van der Waals surface area contributed by atoms with E-state index in [0.717, 1.165) is 11.1 Å². The lowest BCUT2D eigenvalue weighted by Gasteiger charge is -2.24. The van der Waals surface area contributed by atoms with E-state index in [0.29, 0.717) is 5.92 Å². The van der Waals surface area contributed by atoms with E-state index in [2.05, 4.69) is 10.2 Å². The number of carbonyl (C=O) groups is 1. The van der Waals surface area contributed by atoms with Crippen LogP contribution in [0, 0.1) is 0 Å². The van der Waals surface area contributed by atoms with Gasteiger partial charge in [-0.05, 0) is 25.8 Å². The van der Waals surface area contributed by atoms with Crippen molar-refractivity contribution in [1.82, 2.24) is 10.2 Å². The Labute approximate surface area is 93.9 Å². The predicted octanol–water partition coefficient (Wildman–Crippen LogP) is 3.03. The van der Waals surface area contributed by atoms with Gasteiger partial charge in [-0.3, -0.25) is 9.89 Å². The van der Waals surface area contributed by atoms with Gasteiger partial charge >= 0.3 is 0 Å². The van der Waals surface area contributed by atoms with Crippen LogP contribution < -0.4 is 0 Å². The van der Waals surface area contributed by atoms with Gasteiger partial charge in [0.1, 0.15) is 0 Å². The summed E-state index contributed by atoms with van der Waals surface area (Å²) in [4.78, 5) is 11.3. The lowest BCUT2D eigenvalue weighted by Crippen LogP contribution is -2.09. The van der Waals surface area contributed by atoms with E-state index in [-0.39, 0.29) is 5.78 Å². The minimum Gasteiger partial charge on any atom is -0.295 e. The van der Waals surface area contributed by atoms with E-state index in [1.807, 2.05) is 18.2 Å². The van der Waals surface area contributed by atoms with E-state index in [4.69, 9.17) is 0 Å². The van der Waals surface area contributed by atoms with Gasteiger partial charge in [0.2, 0.25) is 0 Å². The molecule has 1 aliphatic carbocycles. The Balaban J connectivity index is 2.10. The minimum atomic E-state index is 0.0927. The van der Waals surface area contributed by atoms with Crippen molar-refractivity contribution in [3.05, 3.63) is 29.5 Å². The van der Waals surface area contributed by atoms with Crippen molar-refractivity contribution in [1.29, 1.82) is 0 Å². The number of fused-ring (bicyclic) bond motifs is 1. The number of carbonyl (C=O) groups excluding carboxylic acids is 1. The molecule has 1 aromatic heterocycles. The van der Waals surface area contributed by atoms with Gasteiger partial charge in [0.05, 0.1) is 5.52 Å². The number of aromatic nitrogens is 2. The highest BCUT2D eigenvalue weighted by molar-refractivity contribution is 5.98. The molecule has 0 bridgehead atoms. The van der Waals surface area contributed by atoms with Crippen LogP contribution in [0.15, 0.2) is 18.2 Å². The highest BCUT2D eigenvalue weighted by atomic mass is 16.1. The lowest BCUT2D eigenvalue weighted by atomic mass is 9.82. The zero-order chi connectivity index (χ0) is 11.1. The highest BCUT2D eigenvalue weighted by Crippen LogP contribution is 2.38. The molecule has 1 saturated carbocycles. The standard InChI is InChI=1S/C13H14N2O/c1-8(16)10-5-6-11-12(7-10)14-15-13(11)9-3-2-4-9/h5-7,9H,2-4H2,1H3,(H,14,15). The van der Waals surface area contributed by atoms with Gasteiger partial charge in [0, 0.05) is 22.6 Å². The Morgan fingerprint density at radius 2 is 2.25 bits per heavy atom. The summed E-state index contributed by atoms with van der Waals surface area (Å²) in [6, 6.07) is 5.78. The number of H-pyrrole nitrogens is 1. The van der Waals surface area contributed by atoms with Crippen LogP contribution in [-0.4, -0.2) is 16.0 Å². The third kappa shape index (κ3) is 1.35. The third-order valence-corrected chi connectivity index (χ3v) is 3.50. The molecule has 82 valence electrons. The summed E-state index contributed by atoms with van der Waals surface area (Å²) in [6.45, 7) is 1.58. The Bertz CT molecular complexity index is 552. The summed E-state index contributed by atoms with van der Waals surface area (Å²) >= 11 is 0. The van der Waals surface area contributed by atoms with Crippen LogP contribution in [0.4, 0.5) is 0 Å². The molecule has 0 saturated heterocycles. The van der Waals surface area contributed by atoms with Crippen LogP contribution in [0.25, 0.3) is 10.9 Å². The first kappa shape index (κ1) is 9.58. The average molecular weight is 214 g/mol. The van der Waals surface area contributed by atoms with Crippen molar-refractivity contribution >= 4 is 16.7 Å². The third-order valence-electron chi connectivity index (χ3n) is 3.50. The summed E-state index contributed by atoms with van der Waals surface area (Å²) in [5.74, 6) is 0.739. The molecule has 0 unspecified atom stereocenters. The number of hydrogen-bond donors (Lipinski definition) is 1. The molecule has 0 spiro atoms. The van der Waals surface area contributed by atoms with Gasteiger partial charge in [-0.15, -0.1) is 0 Å². The van der Waals surface area contributed by atoms with Gasteiger partial charge in [-0.2, -0.15) is 5.10 Å². The maximum atomic E-state index is 11.3. The van der Waals surface area contributed by atoms with Gasteiger partial charge in [0.25, 0.3) is 0 Å². The zero-order valence-corrected chi connectivity index (χ0v) is 9.29. The summed E-state index contributed by atoms with van der Waals surface area (Å²) in [6.07, 6.45) is 3.83. The quantitative estimate of drug-likeness (QED) is 0.781. The largest absolute Gasteiger partial charge is 0.295 e. The molecule has 3 rings (SSSR count). The first-order valence-electron chi connectivity index (χ1n) is 5.74. The van der Waals surface area contributed by atoms with E-state index in [9.17, 15) is 4.79 Å². The van der Waals surface area contributed by atoms with E-state index >= 15 is 0 Å². The maximum absolute atomic E-state index is 11.3. The van der Waals surface area contributed by atoms with Crippen LogP contribution in [-0.2, 0) is 0 Å². The van der Waals surface area contributed by atoms with E-state index < -0.39 is 0 Å². The second kappa shape index (κ2) is 3.44. The molecule has 16 heavy (non-hydrogen) atoms. The molecule has 1 aliphatic rings. The number of nitrogens with zero attached hydrogens (tertiary/aromatic N) is 1. The summed E-state index contributed by atoms with van der Waals surface area (Å²) in [5, 5.41) is 8.58. The maximum Gasteiger partial charge on any atom is 0.159 e. The van der Waals surface area contributed by atoms with Crippen molar-refractivity contribution in [2.75, 3.05) is 0 Å². The molecule has 1 aromatic carbocycles. The fraction of sp³-hybridized carbons (Fsp3) is 0.385. The van der Waals surface area contributed by atoms with E-state index in [1.165, 1.54) is 30.3 Å². The number of aromatic amines is 1. The van der Waals surface area contributed by atoms with E-state index in [1.54, 1.807) is 6.92 Å². The molecular weight excluding hydrogens is 200 g/mol. The van der Waals surface area contributed by atoms with Crippen molar-refractivity contribution in [3.63, 3.8) is 0 Å². The average Bonchev–Trinajstić information content (AvgIpc) is 2.59. The molecule has 2 aromatic rings. The van der Waals surface area contributed by atoms with Gasteiger partial charge in [0.15, 0.2) is 5.78 Å². The first-order chi connectivity index (χ1) is 7.75. The zero-order valence-electron chi connectivity index (χ0n) is 9.29. The van der Waals surface area contributed by atoms with Crippen molar-refractivity contribution in [2.45, 2.75) is 32.1 Å². The lowest BCUT2D eigenvalue weighted by molar-refractivity contribution is 0.101. The number of hydrogen-bond acceptors (Lipinski definition) is 2. The van der Waals surface area contributed by atoms with Gasteiger partial charge in [-0.25, -0.2) is 0 Å². The Morgan fingerprint density at radius 3 is 2.88 bits per heavy atom. The van der Waals surface area contributed by atoms with Crippen molar-refractivity contribution in [2.24, 2.45) is 0 Å². The highest BCUT2D eigenvalue weighted by Gasteiger charge is 2.23. The molecule has 1 heterocycles. The molecule has 1 fully saturated rings. The smallest absolute Gasteiger partial charge is 0.159 e. The fourth-order valence-corrected chi connectivity index (χ4v) is 2.26. The van der Waals surface area contributed by atoms with Crippen LogP contribution in [0.2, 0.25) is 0 Å². The Hall–Kier alpha value is -1.64. The summed E-state index contributed by atoms with van der Waals surface area (Å²) in [7, 11) is 0.